The van der Waals surface area contributed by atoms with Crippen molar-refractivity contribution >= 4 is 17.7 Å². The maximum atomic E-state index is 13.5. The molecule has 0 amide bonds. The number of benzene rings is 1. The van der Waals surface area contributed by atoms with Gasteiger partial charge in [0.15, 0.2) is 0 Å². The van der Waals surface area contributed by atoms with Crippen LogP contribution >= 0.6 is 11.8 Å². The molecule has 2 aromatic rings. The van der Waals surface area contributed by atoms with E-state index in [4.69, 9.17) is 5.11 Å². The van der Waals surface area contributed by atoms with Crippen molar-refractivity contribution < 1.29 is 14.3 Å². The Labute approximate surface area is 114 Å². The molecule has 1 aromatic carbocycles. The molecule has 1 aromatic heterocycles. The van der Waals surface area contributed by atoms with Crippen LogP contribution in [0.4, 0.5) is 4.39 Å². The van der Waals surface area contributed by atoms with Crippen LogP contribution in [0.25, 0.3) is 0 Å². The first kappa shape index (κ1) is 13.5. The molecule has 0 radical (unpaired) electrons. The Hall–Kier alpha value is -1.88. The van der Waals surface area contributed by atoms with Gasteiger partial charge < -0.3 is 5.11 Å². The van der Waals surface area contributed by atoms with Crippen molar-refractivity contribution in [1.29, 1.82) is 0 Å². The van der Waals surface area contributed by atoms with Gasteiger partial charge in [0.2, 0.25) is 0 Å². The summed E-state index contributed by atoms with van der Waals surface area (Å²) in [7, 11) is 0. The van der Waals surface area contributed by atoms with Crippen LogP contribution in [0.1, 0.15) is 21.6 Å². The van der Waals surface area contributed by atoms with Crippen molar-refractivity contribution in [2.45, 2.75) is 23.8 Å². The van der Waals surface area contributed by atoms with Crippen molar-refractivity contribution in [1.82, 2.24) is 4.98 Å². The summed E-state index contributed by atoms with van der Waals surface area (Å²) in [5.74, 6) is -2.01. The van der Waals surface area contributed by atoms with Gasteiger partial charge in [0, 0.05) is 10.6 Å². The highest BCUT2D eigenvalue weighted by atomic mass is 32.2. The Kier molecular flexibility index (Phi) is 3.85. The van der Waals surface area contributed by atoms with Gasteiger partial charge in [0.25, 0.3) is 0 Å². The smallest absolute Gasteiger partial charge is 0.339 e. The van der Waals surface area contributed by atoms with Crippen LogP contribution in [0.15, 0.2) is 40.3 Å². The average molecular weight is 277 g/mol. The van der Waals surface area contributed by atoms with Gasteiger partial charge in [-0.25, -0.2) is 14.2 Å². The summed E-state index contributed by atoms with van der Waals surface area (Å²) < 4.78 is 13.5. The van der Waals surface area contributed by atoms with Gasteiger partial charge in [-0.15, -0.1) is 0 Å². The molecule has 0 aliphatic carbocycles. The standard InChI is InChI=1S/C14H12FNO2S/c1-8-6-9(2)16-12(7-8)19-11-5-3-4-10(15)13(11)14(17)18/h3-7H,1-2H3,(H,17,18). The lowest BCUT2D eigenvalue weighted by atomic mass is 10.2. The lowest BCUT2D eigenvalue weighted by molar-refractivity contribution is 0.0688. The van der Waals surface area contributed by atoms with Crippen molar-refractivity contribution in [2.75, 3.05) is 0 Å². The molecule has 98 valence electrons. The first-order chi connectivity index (χ1) is 8.97. The Morgan fingerprint density at radius 3 is 2.68 bits per heavy atom. The topological polar surface area (TPSA) is 50.2 Å². The maximum Gasteiger partial charge on any atom is 0.339 e. The third kappa shape index (κ3) is 3.12. The van der Waals surface area contributed by atoms with Gasteiger partial charge in [0.05, 0.1) is 0 Å². The van der Waals surface area contributed by atoms with Crippen LogP contribution in [0.3, 0.4) is 0 Å². The monoisotopic (exact) mass is 277 g/mol. The van der Waals surface area contributed by atoms with E-state index in [1.54, 1.807) is 6.07 Å². The lowest BCUT2D eigenvalue weighted by Crippen LogP contribution is -2.02. The Morgan fingerprint density at radius 1 is 1.32 bits per heavy atom. The third-order valence-corrected chi connectivity index (χ3v) is 3.46. The zero-order valence-electron chi connectivity index (χ0n) is 10.5. The lowest BCUT2D eigenvalue weighted by Gasteiger charge is -2.07. The van der Waals surface area contributed by atoms with Crippen LogP contribution in [0, 0.1) is 19.7 Å². The van der Waals surface area contributed by atoms with Gasteiger partial charge in [-0.05, 0) is 43.7 Å². The van der Waals surface area contributed by atoms with Gasteiger partial charge in [-0.3, -0.25) is 0 Å². The van der Waals surface area contributed by atoms with Gasteiger partial charge in [0.1, 0.15) is 16.4 Å². The van der Waals surface area contributed by atoms with Crippen molar-refractivity contribution in [3.8, 4) is 0 Å². The van der Waals surface area contributed by atoms with Gasteiger partial charge in [-0.2, -0.15) is 0 Å². The Morgan fingerprint density at radius 2 is 2.05 bits per heavy atom. The first-order valence-corrected chi connectivity index (χ1v) is 6.44. The molecule has 3 nitrogen and oxygen atoms in total. The number of carbonyl (C=O) groups is 1. The Bertz CT molecular complexity index is 623. The molecule has 1 N–H and O–H groups in total. The van der Waals surface area contributed by atoms with E-state index >= 15 is 0 Å². The van der Waals surface area contributed by atoms with Crippen LogP contribution in [0.2, 0.25) is 0 Å². The average Bonchev–Trinajstić information content (AvgIpc) is 2.26. The molecule has 0 saturated heterocycles. The summed E-state index contributed by atoms with van der Waals surface area (Å²) in [6.45, 7) is 3.79. The number of aryl methyl sites for hydroxylation is 2. The number of rotatable bonds is 3. The minimum absolute atomic E-state index is 0.312. The number of carboxylic acids is 1. The van der Waals surface area contributed by atoms with E-state index in [1.807, 2.05) is 26.0 Å². The summed E-state index contributed by atoms with van der Waals surface area (Å²) in [5.41, 5.74) is 1.56. The number of carboxylic acid groups (broad SMARTS) is 1. The van der Waals surface area contributed by atoms with E-state index in [0.29, 0.717) is 9.92 Å². The molecule has 0 saturated carbocycles. The zero-order valence-corrected chi connectivity index (χ0v) is 11.3. The predicted octanol–water partition coefficient (Wildman–Crippen LogP) is 3.69. The molecule has 0 bridgehead atoms. The van der Waals surface area contributed by atoms with Gasteiger partial charge >= 0.3 is 5.97 Å². The molecule has 1 heterocycles. The molecular formula is C14H12FNO2S. The highest BCUT2D eigenvalue weighted by molar-refractivity contribution is 7.99. The molecule has 5 heteroatoms. The second kappa shape index (κ2) is 5.40. The molecule has 0 aliphatic heterocycles. The molecule has 0 fully saturated rings. The fourth-order valence-electron chi connectivity index (χ4n) is 1.77. The molecular weight excluding hydrogens is 265 g/mol. The minimum Gasteiger partial charge on any atom is -0.478 e. The SMILES string of the molecule is Cc1cc(C)nc(Sc2cccc(F)c2C(=O)O)c1. The molecule has 0 spiro atoms. The van der Waals surface area contributed by atoms with E-state index < -0.39 is 11.8 Å². The normalized spacial score (nSPS) is 10.5. The van der Waals surface area contributed by atoms with Gasteiger partial charge in [-0.1, -0.05) is 17.8 Å². The van der Waals surface area contributed by atoms with E-state index in [1.165, 1.54) is 6.07 Å². The molecule has 2 rings (SSSR count). The summed E-state index contributed by atoms with van der Waals surface area (Å²) in [6, 6.07) is 7.98. The fraction of sp³-hybridized carbons (Fsp3) is 0.143. The minimum atomic E-state index is -1.27. The third-order valence-electron chi connectivity index (χ3n) is 2.48. The summed E-state index contributed by atoms with van der Waals surface area (Å²) in [5, 5.41) is 9.72. The predicted molar refractivity (Wildman–Crippen MR) is 71.2 cm³/mol. The van der Waals surface area contributed by atoms with E-state index in [0.717, 1.165) is 29.1 Å². The summed E-state index contributed by atoms with van der Waals surface area (Å²) >= 11 is 1.15. The second-order valence-corrected chi connectivity index (χ2v) is 5.21. The van der Waals surface area contributed by atoms with E-state index in [9.17, 15) is 9.18 Å². The highest BCUT2D eigenvalue weighted by Gasteiger charge is 2.16. The van der Waals surface area contributed by atoms with E-state index in [-0.39, 0.29) is 5.56 Å². The number of hydrogen-bond donors (Lipinski definition) is 1. The number of hydrogen-bond acceptors (Lipinski definition) is 3. The Balaban J connectivity index is 2.43. The molecule has 0 unspecified atom stereocenters. The van der Waals surface area contributed by atoms with Crippen molar-refractivity contribution in [3.63, 3.8) is 0 Å². The van der Waals surface area contributed by atoms with Crippen LogP contribution in [-0.2, 0) is 0 Å². The largest absolute Gasteiger partial charge is 0.478 e. The van der Waals surface area contributed by atoms with Crippen LogP contribution in [-0.4, -0.2) is 16.1 Å². The number of halogens is 1. The molecule has 0 atom stereocenters. The van der Waals surface area contributed by atoms with Crippen LogP contribution in [0.5, 0.6) is 0 Å². The van der Waals surface area contributed by atoms with E-state index in [2.05, 4.69) is 4.98 Å². The zero-order chi connectivity index (χ0) is 14.0. The van der Waals surface area contributed by atoms with Crippen LogP contribution < -0.4 is 0 Å². The second-order valence-electron chi connectivity index (χ2n) is 4.14. The highest BCUT2D eigenvalue weighted by Crippen LogP contribution is 2.31. The number of pyridine rings is 1. The number of nitrogens with zero attached hydrogens (tertiary/aromatic N) is 1. The summed E-state index contributed by atoms with van der Waals surface area (Å²) in [4.78, 5) is 15.8. The first-order valence-electron chi connectivity index (χ1n) is 5.62. The number of aromatic nitrogens is 1. The molecule has 19 heavy (non-hydrogen) atoms. The summed E-state index contributed by atoms with van der Waals surface area (Å²) in [6.07, 6.45) is 0. The van der Waals surface area contributed by atoms with Crippen molar-refractivity contribution in [2.24, 2.45) is 0 Å². The number of aromatic carboxylic acids is 1. The quantitative estimate of drug-likeness (QED) is 0.929. The van der Waals surface area contributed by atoms with Crippen molar-refractivity contribution in [3.05, 3.63) is 53.0 Å². The molecule has 0 aliphatic rings. The fourth-order valence-corrected chi connectivity index (χ4v) is 2.86. The maximum absolute atomic E-state index is 13.5.